The first-order valence-electron chi connectivity index (χ1n) is 10.8. The van der Waals surface area contributed by atoms with Crippen LogP contribution in [0.25, 0.3) is 11.0 Å². The van der Waals surface area contributed by atoms with Gasteiger partial charge in [0.1, 0.15) is 11.7 Å². The van der Waals surface area contributed by atoms with Crippen molar-refractivity contribution in [1.29, 1.82) is 0 Å². The maximum absolute atomic E-state index is 13.0. The van der Waals surface area contributed by atoms with Gasteiger partial charge >= 0.3 is 6.55 Å². The number of ether oxygens (including phenoxy) is 2. The number of hydrogen-bond donors (Lipinski definition) is 1. The lowest BCUT2D eigenvalue weighted by molar-refractivity contribution is 0.0568. The molecule has 0 bridgehead atoms. The van der Waals surface area contributed by atoms with Gasteiger partial charge in [-0.3, -0.25) is 9.48 Å². The van der Waals surface area contributed by atoms with Crippen molar-refractivity contribution in [2.24, 2.45) is 5.92 Å². The zero-order chi connectivity index (χ0) is 22.1. The van der Waals surface area contributed by atoms with Crippen LogP contribution in [0.2, 0.25) is 0 Å². The first-order chi connectivity index (χ1) is 15.5. The summed E-state index contributed by atoms with van der Waals surface area (Å²) in [4.78, 5) is 17.5. The molecule has 5 rings (SSSR count). The summed E-state index contributed by atoms with van der Waals surface area (Å²) in [7, 11) is 0. The van der Waals surface area contributed by atoms with Gasteiger partial charge in [0.05, 0.1) is 6.61 Å². The van der Waals surface area contributed by atoms with Crippen molar-refractivity contribution in [3.05, 3.63) is 30.1 Å². The summed E-state index contributed by atoms with van der Waals surface area (Å²) in [6.45, 7) is -0.606. The molecule has 1 N–H and O–H groups in total. The van der Waals surface area contributed by atoms with E-state index in [1.165, 1.54) is 6.07 Å². The monoisotopic (exact) mass is 446 g/mol. The van der Waals surface area contributed by atoms with Crippen LogP contribution in [-0.2, 0) is 11.3 Å². The van der Waals surface area contributed by atoms with E-state index < -0.39 is 12.5 Å². The molecule has 1 atom stereocenters. The van der Waals surface area contributed by atoms with Crippen LogP contribution < -0.4 is 10.1 Å². The Morgan fingerprint density at radius 2 is 2.12 bits per heavy atom. The quantitative estimate of drug-likeness (QED) is 0.595. The maximum Gasteiger partial charge on any atom is 0.333 e. The van der Waals surface area contributed by atoms with Crippen LogP contribution in [0.4, 0.5) is 14.6 Å². The van der Waals surface area contributed by atoms with Crippen LogP contribution in [0.1, 0.15) is 49.0 Å². The van der Waals surface area contributed by atoms with Crippen LogP contribution in [0, 0.1) is 5.92 Å². The third kappa shape index (κ3) is 4.43. The van der Waals surface area contributed by atoms with Gasteiger partial charge in [-0.1, -0.05) is 0 Å². The molecule has 0 unspecified atom stereocenters. The molecule has 0 radical (unpaired) electrons. The Hall–Kier alpha value is -3.08. The van der Waals surface area contributed by atoms with Gasteiger partial charge in [-0.2, -0.15) is 24.0 Å². The molecule has 0 spiro atoms. The number of carbonyl (C=O) groups is 1. The van der Waals surface area contributed by atoms with Crippen molar-refractivity contribution in [3.8, 4) is 5.88 Å². The number of halogens is 2. The SMILES string of the molecule is O=C(Nc1ccn(C(F)F)n1)c1cc2cn(C[C@H]3CCOC3)nc2nc1OC1CCCC1. The van der Waals surface area contributed by atoms with Gasteiger partial charge in [-0.15, -0.1) is 0 Å². The second-order valence-electron chi connectivity index (χ2n) is 8.27. The summed E-state index contributed by atoms with van der Waals surface area (Å²) < 4.78 is 39.4. The van der Waals surface area contributed by atoms with Crippen molar-refractivity contribution in [2.45, 2.75) is 51.3 Å². The Morgan fingerprint density at radius 3 is 2.84 bits per heavy atom. The molecule has 3 aromatic rings. The number of alkyl halides is 2. The Balaban J connectivity index is 1.43. The van der Waals surface area contributed by atoms with Crippen molar-refractivity contribution >= 4 is 22.8 Å². The number of fused-ring (bicyclic) bond motifs is 1. The van der Waals surface area contributed by atoms with E-state index >= 15 is 0 Å². The molecular formula is C21H24F2N6O3. The van der Waals surface area contributed by atoms with E-state index in [0.717, 1.165) is 44.9 Å². The van der Waals surface area contributed by atoms with E-state index in [2.05, 4.69) is 20.5 Å². The lowest BCUT2D eigenvalue weighted by Crippen LogP contribution is -2.19. The minimum Gasteiger partial charge on any atom is -0.474 e. The second-order valence-corrected chi connectivity index (χ2v) is 8.27. The third-order valence-electron chi connectivity index (χ3n) is 5.85. The molecule has 3 aromatic heterocycles. The number of nitrogens with one attached hydrogen (secondary N) is 1. The molecule has 32 heavy (non-hydrogen) atoms. The van der Waals surface area contributed by atoms with Gasteiger partial charge in [0.25, 0.3) is 5.91 Å². The van der Waals surface area contributed by atoms with Crippen LogP contribution >= 0.6 is 0 Å². The normalized spacial score (nSPS) is 19.3. The highest BCUT2D eigenvalue weighted by Gasteiger charge is 2.24. The number of hydrogen-bond acceptors (Lipinski definition) is 6. The first-order valence-corrected chi connectivity index (χ1v) is 10.8. The highest BCUT2D eigenvalue weighted by Crippen LogP contribution is 2.28. The molecule has 4 heterocycles. The number of carbonyl (C=O) groups excluding carboxylic acids is 1. The Morgan fingerprint density at radius 1 is 1.28 bits per heavy atom. The van der Waals surface area contributed by atoms with Gasteiger partial charge in [0, 0.05) is 42.9 Å². The smallest absolute Gasteiger partial charge is 0.333 e. The van der Waals surface area contributed by atoms with E-state index in [1.807, 2.05) is 10.9 Å². The molecule has 1 aliphatic heterocycles. The van der Waals surface area contributed by atoms with Gasteiger partial charge < -0.3 is 14.8 Å². The molecule has 1 saturated heterocycles. The lowest BCUT2D eigenvalue weighted by Gasteiger charge is -2.15. The summed E-state index contributed by atoms with van der Waals surface area (Å²) in [5.41, 5.74) is 0.718. The number of amides is 1. The largest absolute Gasteiger partial charge is 0.474 e. The predicted molar refractivity (Wildman–Crippen MR) is 111 cm³/mol. The number of nitrogens with zero attached hydrogens (tertiary/aromatic N) is 5. The van der Waals surface area contributed by atoms with Crippen LogP contribution in [0.3, 0.4) is 0 Å². The Kier molecular flexibility index (Phi) is 5.73. The van der Waals surface area contributed by atoms with E-state index in [-0.39, 0.29) is 23.4 Å². The molecule has 2 fully saturated rings. The van der Waals surface area contributed by atoms with E-state index in [1.54, 1.807) is 6.07 Å². The fourth-order valence-electron chi connectivity index (χ4n) is 4.19. The van der Waals surface area contributed by atoms with E-state index in [4.69, 9.17) is 9.47 Å². The lowest BCUT2D eigenvalue weighted by atomic mass is 10.1. The summed E-state index contributed by atoms with van der Waals surface area (Å²) in [6, 6.07) is 3.00. The van der Waals surface area contributed by atoms with Crippen molar-refractivity contribution in [2.75, 3.05) is 18.5 Å². The molecule has 9 nitrogen and oxygen atoms in total. The third-order valence-corrected chi connectivity index (χ3v) is 5.85. The predicted octanol–water partition coefficient (Wildman–Crippen LogP) is 3.63. The highest BCUT2D eigenvalue weighted by molar-refractivity contribution is 6.07. The Labute approximate surface area is 182 Å². The van der Waals surface area contributed by atoms with Gasteiger partial charge in [0.15, 0.2) is 11.5 Å². The molecule has 2 aliphatic rings. The zero-order valence-corrected chi connectivity index (χ0v) is 17.4. The van der Waals surface area contributed by atoms with Crippen molar-refractivity contribution in [3.63, 3.8) is 0 Å². The number of pyridine rings is 1. The fourth-order valence-corrected chi connectivity index (χ4v) is 4.19. The summed E-state index contributed by atoms with van der Waals surface area (Å²) in [5.74, 6) is 0.0962. The van der Waals surface area contributed by atoms with E-state index in [0.29, 0.717) is 34.8 Å². The average Bonchev–Trinajstić information content (AvgIpc) is 3.55. The minimum atomic E-state index is -2.78. The standard InChI is InChI=1S/C21H24F2N6O3/c22-21(23)29-7-5-17(26-29)24-19(30)16-9-14-11-28(10-13-6-8-31-12-13)27-18(14)25-20(16)32-15-3-1-2-4-15/h5,7,9,11,13,15,21H,1-4,6,8,10,12H2,(H,24,26,30)/t13-/m1/s1. The zero-order valence-electron chi connectivity index (χ0n) is 17.4. The number of rotatable bonds is 7. The molecule has 1 aliphatic carbocycles. The molecule has 170 valence electrons. The number of aromatic nitrogens is 5. The number of anilines is 1. The average molecular weight is 446 g/mol. The molecule has 1 saturated carbocycles. The van der Waals surface area contributed by atoms with Gasteiger partial charge in [-0.25, -0.2) is 4.68 Å². The molecular weight excluding hydrogens is 422 g/mol. The summed E-state index contributed by atoms with van der Waals surface area (Å²) in [5, 5.41) is 11.5. The Bertz CT molecular complexity index is 1100. The molecule has 0 aromatic carbocycles. The fraction of sp³-hybridized carbons (Fsp3) is 0.524. The van der Waals surface area contributed by atoms with Crippen molar-refractivity contribution in [1.82, 2.24) is 24.5 Å². The van der Waals surface area contributed by atoms with Crippen LogP contribution in [0.5, 0.6) is 5.88 Å². The van der Waals surface area contributed by atoms with Crippen LogP contribution in [-0.4, -0.2) is 49.8 Å². The summed E-state index contributed by atoms with van der Waals surface area (Å²) >= 11 is 0. The van der Waals surface area contributed by atoms with Gasteiger partial charge in [0.2, 0.25) is 5.88 Å². The van der Waals surface area contributed by atoms with E-state index in [9.17, 15) is 13.6 Å². The second kappa shape index (κ2) is 8.81. The molecule has 1 amide bonds. The van der Waals surface area contributed by atoms with Crippen molar-refractivity contribution < 1.29 is 23.0 Å². The first kappa shape index (κ1) is 20.8. The topological polar surface area (TPSA) is 96.1 Å². The maximum atomic E-state index is 13.0. The highest BCUT2D eigenvalue weighted by atomic mass is 19.3. The molecule has 11 heteroatoms. The minimum absolute atomic E-state index is 0.0118. The van der Waals surface area contributed by atoms with Gasteiger partial charge in [-0.05, 0) is 38.2 Å². The summed E-state index contributed by atoms with van der Waals surface area (Å²) in [6.07, 6.45) is 7.86. The van der Waals surface area contributed by atoms with Crippen LogP contribution in [0.15, 0.2) is 24.5 Å².